The molecule has 0 aliphatic heterocycles. The first-order valence-electron chi connectivity index (χ1n) is 6.71. The Kier molecular flexibility index (Phi) is 6.22. The molecule has 1 aromatic carbocycles. The number of ether oxygens (including phenoxy) is 2. The summed E-state index contributed by atoms with van der Waals surface area (Å²) in [6.45, 7) is 4.26. The highest BCUT2D eigenvalue weighted by Gasteiger charge is 2.23. The fourth-order valence-electron chi connectivity index (χ4n) is 2.01. The quantitative estimate of drug-likeness (QED) is 0.751. The van der Waals surface area contributed by atoms with Crippen molar-refractivity contribution in [2.45, 2.75) is 32.6 Å². The van der Waals surface area contributed by atoms with Crippen LogP contribution in [0.2, 0.25) is 0 Å². The second kappa shape index (κ2) is 7.68. The van der Waals surface area contributed by atoms with Crippen molar-refractivity contribution in [3.63, 3.8) is 0 Å². The van der Waals surface area contributed by atoms with Gasteiger partial charge in [-0.25, -0.2) is 0 Å². The third-order valence-corrected chi connectivity index (χ3v) is 3.30. The van der Waals surface area contributed by atoms with E-state index in [9.17, 15) is 9.59 Å². The molecule has 0 aliphatic carbocycles. The normalized spacial score (nSPS) is 12.1. The molecule has 0 N–H and O–H groups in total. The molecule has 0 saturated heterocycles. The number of esters is 2. The Labute approximate surface area is 120 Å². The fourth-order valence-corrected chi connectivity index (χ4v) is 2.01. The summed E-state index contributed by atoms with van der Waals surface area (Å²) < 4.78 is 9.36. The van der Waals surface area contributed by atoms with Crippen LogP contribution in [0.5, 0.6) is 0 Å². The molecule has 1 unspecified atom stereocenters. The number of methoxy groups -OCH3 is 2. The van der Waals surface area contributed by atoms with Crippen LogP contribution in [0.1, 0.15) is 37.3 Å². The summed E-state index contributed by atoms with van der Waals surface area (Å²) >= 11 is 0. The summed E-state index contributed by atoms with van der Waals surface area (Å²) in [7, 11) is 2.64. The minimum atomic E-state index is -0.502. The lowest BCUT2D eigenvalue weighted by molar-refractivity contribution is -0.151. The molecule has 0 amide bonds. The van der Waals surface area contributed by atoms with E-state index in [4.69, 9.17) is 4.74 Å². The van der Waals surface area contributed by atoms with Gasteiger partial charge in [-0.15, -0.1) is 0 Å². The molecule has 0 aliphatic rings. The minimum absolute atomic E-state index is 0.0368. The van der Waals surface area contributed by atoms with Gasteiger partial charge in [0.15, 0.2) is 0 Å². The lowest BCUT2D eigenvalue weighted by Gasteiger charge is -2.14. The monoisotopic (exact) mass is 278 g/mol. The topological polar surface area (TPSA) is 52.6 Å². The molecule has 1 atom stereocenters. The molecule has 0 bridgehead atoms. The van der Waals surface area contributed by atoms with E-state index in [1.165, 1.54) is 19.8 Å². The maximum absolute atomic E-state index is 11.7. The molecule has 0 heterocycles. The van der Waals surface area contributed by atoms with Crippen molar-refractivity contribution < 1.29 is 19.1 Å². The van der Waals surface area contributed by atoms with Crippen molar-refractivity contribution >= 4 is 11.9 Å². The Balaban J connectivity index is 2.78. The van der Waals surface area contributed by atoms with E-state index in [1.54, 1.807) is 0 Å². The average molecular weight is 278 g/mol. The molecular weight excluding hydrogens is 256 g/mol. The molecule has 1 rings (SSSR count). The molecule has 0 fully saturated rings. The fraction of sp³-hybridized carbons (Fsp3) is 0.500. The lowest BCUT2D eigenvalue weighted by atomic mass is 9.94. The molecule has 20 heavy (non-hydrogen) atoms. The Morgan fingerprint density at radius 2 is 1.65 bits per heavy atom. The van der Waals surface area contributed by atoms with E-state index >= 15 is 0 Å². The van der Waals surface area contributed by atoms with E-state index in [0.29, 0.717) is 12.3 Å². The van der Waals surface area contributed by atoms with Crippen molar-refractivity contribution in [2.75, 3.05) is 14.2 Å². The van der Waals surface area contributed by atoms with Gasteiger partial charge in [-0.1, -0.05) is 38.1 Å². The second-order valence-corrected chi connectivity index (χ2v) is 5.10. The van der Waals surface area contributed by atoms with Crippen LogP contribution in [0.25, 0.3) is 0 Å². The van der Waals surface area contributed by atoms with Gasteiger partial charge < -0.3 is 9.47 Å². The molecule has 0 radical (unpaired) electrons. The van der Waals surface area contributed by atoms with Crippen LogP contribution in [-0.2, 0) is 25.5 Å². The van der Waals surface area contributed by atoms with Crippen LogP contribution in [0.3, 0.4) is 0 Å². The number of carbonyl (C=O) groups excluding carboxylic acids is 2. The second-order valence-electron chi connectivity index (χ2n) is 5.10. The van der Waals surface area contributed by atoms with Crippen LogP contribution in [-0.4, -0.2) is 26.2 Å². The third-order valence-electron chi connectivity index (χ3n) is 3.30. The molecule has 4 nitrogen and oxygen atoms in total. The predicted octanol–water partition coefficient (Wildman–Crippen LogP) is 2.70. The van der Waals surface area contributed by atoms with Crippen molar-refractivity contribution in [1.29, 1.82) is 0 Å². The Morgan fingerprint density at radius 3 is 2.10 bits per heavy atom. The van der Waals surface area contributed by atoms with Gasteiger partial charge in [0.25, 0.3) is 0 Å². The number of carbonyl (C=O) groups is 2. The summed E-state index contributed by atoms with van der Waals surface area (Å²) in [4.78, 5) is 23.1. The molecule has 4 heteroatoms. The van der Waals surface area contributed by atoms with Gasteiger partial charge in [0.2, 0.25) is 0 Å². The van der Waals surface area contributed by atoms with E-state index in [1.807, 2.05) is 24.3 Å². The van der Waals surface area contributed by atoms with Crippen molar-refractivity contribution in [2.24, 2.45) is 5.92 Å². The Morgan fingerprint density at radius 1 is 1.05 bits per heavy atom. The molecule has 0 saturated carbocycles. The van der Waals surface area contributed by atoms with Crippen LogP contribution >= 0.6 is 0 Å². The summed E-state index contributed by atoms with van der Waals surface area (Å²) in [5.74, 6) is -0.824. The highest BCUT2D eigenvalue weighted by Crippen LogP contribution is 2.19. The van der Waals surface area contributed by atoms with Crippen LogP contribution in [0.4, 0.5) is 0 Å². The minimum Gasteiger partial charge on any atom is -0.469 e. The molecule has 0 aromatic heterocycles. The van der Waals surface area contributed by atoms with Crippen LogP contribution < -0.4 is 0 Å². The summed E-state index contributed by atoms with van der Waals surface area (Å²) in [5.41, 5.74) is 2.25. The summed E-state index contributed by atoms with van der Waals surface area (Å²) in [5, 5.41) is 0. The highest BCUT2D eigenvalue weighted by atomic mass is 16.5. The SMILES string of the molecule is COC(=O)CC(Cc1ccc(C(C)C)cc1)C(=O)OC. The predicted molar refractivity (Wildman–Crippen MR) is 76.4 cm³/mol. The smallest absolute Gasteiger partial charge is 0.309 e. The molecule has 0 spiro atoms. The van der Waals surface area contributed by atoms with Crippen molar-refractivity contribution in [1.82, 2.24) is 0 Å². The maximum Gasteiger partial charge on any atom is 0.309 e. The molecular formula is C16H22O4. The van der Waals surface area contributed by atoms with Gasteiger partial charge in [-0.3, -0.25) is 9.59 Å². The Bertz CT molecular complexity index is 448. The van der Waals surface area contributed by atoms with Crippen LogP contribution in [0.15, 0.2) is 24.3 Å². The summed E-state index contributed by atoms with van der Waals surface area (Å²) in [6, 6.07) is 8.07. The van der Waals surface area contributed by atoms with Crippen molar-refractivity contribution in [3.05, 3.63) is 35.4 Å². The van der Waals surface area contributed by atoms with E-state index < -0.39 is 11.9 Å². The van der Waals surface area contributed by atoms with E-state index in [2.05, 4.69) is 18.6 Å². The van der Waals surface area contributed by atoms with E-state index in [-0.39, 0.29) is 12.4 Å². The van der Waals surface area contributed by atoms with Gasteiger partial charge in [0.1, 0.15) is 0 Å². The molecule has 110 valence electrons. The largest absolute Gasteiger partial charge is 0.469 e. The first-order valence-corrected chi connectivity index (χ1v) is 6.71. The number of hydrogen-bond acceptors (Lipinski definition) is 4. The zero-order chi connectivity index (χ0) is 15.1. The Hall–Kier alpha value is -1.84. The zero-order valence-corrected chi connectivity index (χ0v) is 12.5. The zero-order valence-electron chi connectivity index (χ0n) is 12.5. The third kappa shape index (κ3) is 4.68. The lowest BCUT2D eigenvalue weighted by Crippen LogP contribution is -2.22. The van der Waals surface area contributed by atoms with E-state index in [0.717, 1.165) is 5.56 Å². The summed E-state index contributed by atoms with van der Waals surface area (Å²) in [6.07, 6.45) is 0.509. The standard InChI is InChI=1S/C16H22O4/c1-11(2)13-7-5-12(6-8-13)9-14(16(18)20-4)10-15(17)19-3/h5-8,11,14H,9-10H2,1-4H3. The van der Waals surface area contributed by atoms with Crippen molar-refractivity contribution in [3.8, 4) is 0 Å². The average Bonchev–Trinajstić information content (AvgIpc) is 2.46. The van der Waals surface area contributed by atoms with Gasteiger partial charge in [-0.05, 0) is 23.5 Å². The molecule has 1 aromatic rings. The van der Waals surface area contributed by atoms with Crippen LogP contribution in [0, 0.1) is 5.92 Å². The number of rotatable bonds is 6. The van der Waals surface area contributed by atoms with Gasteiger partial charge >= 0.3 is 11.9 Å². The van der Waals surface area contributed by atoms with Gasteiger partial charge in [0, 0.05) is 0 Å². The number of hydrogen-bond donors (Lipinski definition) is 0. The van der Waals surface area contributed by atoms with Gasteiger partial charge in [-0.2, -0.15) is 0 Å². The maximum atomic E-state index is 11.7. The first-order chi connectivity index (χ1) is 9.47. The van der Waals surface area contributed by atoms with Gasteiger partial charge in [0.05, 0.1) is 26.6 Å². The number of benzene rings is 1. The highest BCUT2D eigenvalue weighted by molar-refractivity contribution is 5.80. The first kappa shape index (κ1) is 16.2.